The molecule has 0 aliphatic heterocycles. The number of aliphatic carboxylic acids is 1. The lowest BCUT2D eigenvalue weighted by molar-refractivity contribution is -0.139. The van der Waals surface area contributed by atoms with Crippen molar-refractivity contribution in [2.45, 2.75) is 51.5 Å². The maximum absolute atomic E-state index is 13.1. The number of aromatic amines is 1. The summed E-state index contributed by atoms with van der Waals surface area (Å²) >= 11 is 14.0. The lowest BCUT2D eigenvalue weighted by atomic mass is 9.93. The molecule has 0 aliphatic carbocycles. The molecule has 170 valence electrons. The molecule has 0 saturated heterocycles. The summed E-state index contributed by atoms with van der Waals surface area (Å²) < 4.78 is 0. The third-order valence-corrected chi connectivity index (χ3v) is 6.98. The number of amides is 1. The normalized spacial score (nSPS) is 13.0. The van der Waals surface area contributed by atoms with Crippen LogP contribution in [0.5, 0.6) is 0 Å². The van der Waals surface area contributed by atoms with Crippen molar-refractivity contribution in [2.24, 2.45) is 0 Å². The van der Waals surface area contributed by atoms with Crippen LogP contribution < -0.4 is 4.90 Å². The molecule has 0 saturated carbocycles. The first kappa shape index (κ1) is 24.3. The van der Waals surface area contributed by atoms with Crippen molar-refractivity contribution in [3.05, 3.63) is 69.0 Å². The van der Waals surface area contributed by atoms with Crippen molar-refractivity contribution in [2.75, 3.05) is 4.90 Å². The molecular formula is C23H25Cl2N3O3S. The van der Waals surface area contributed by atoms with Gasteiger partial charge in [0.15, 0.2) is 0 Å². The Morgan fingerprint density at radius 3 is 2.69 bits per heavy atom. The number of H-pyrrole nitrogens is 1. The Morgan fingerprint density at radius 1 is 1.25 bits per heavy atom. The van der Waals surface area contributed by atoms with Gasteiger partial charge in [-0.15, -0.1) is 11.3 Å². The first-order chi connectivity index (χ1) is 15.3. The molecule has 0 spiro atoms. The van der Waals surface area contributed by atoms with Crippen molar-refractivity contribution in [3.8, 4) is 0 Å². The van der Waals surface area contributed by atoms with Crippen molar-refractivity contribution in [1.29, 1.82) is 0 Å². The number of rotatable bonds is 10. The van der Waals surface area contributed by atoms with E-state index in [0.29, 0.717) is 26.6 Å². The van der Waals surface area contributed by atoms with Gasteiger partial charge >= 0.3 is 5.97 Å². The van der Waals surface area contributed by atoms with Crippen LogP contribution in [0, 0.1) is 0 Å². The first-order valence-electron chi connectivity index (χ1n) is 10.4. The SMILES string of the molecule is CCCCC(c1ncc(CC(=O)N(c2cccs2)[C@@H](C)C(=O)O)[nH]1)c1cccc(Cl)c1Cl. The number of aromatic nitrogens is 2. The lowest BCUT2D eigenvalue weighted by Gasteiger charge is -2.24. The standard InChI is InChI=1S/C23H25Cl2N3O3S/c1-3-4-7-17(16-8-5-9-18(24)21(16)25)22-26-13-15(27-22)12-19(29)28(14(2)23(30)31)20-10-6-11-32-20/h5-6,8-11,13-14,17H,3-4,7,12H2,1-2H3,(H,26,27)(H,30,31)/t14-,17?/m0/s1. The van der Waals surface area contributed by atoms with Gasteiger partial charge in [0.2, 0.25) is 5.91 Å². The van der Waals surface area contributed by atoms with Gasteiger partial charge in [-0.1, -0.05) is 55.1 Å². The molecule has 0 fully saturated rings. The van der Waals surface area contributed by atoms with Crippen molar-refractivity contribution < 1.29 is 14.7 Å². The molecule has 3 rings (SSSR count). The Morgan fingerprint density at radius 2 is 2.03 bits per heavy atom. The summed E-state index contributed by atoms with van der Waals surface area (Å²) in [5.74, 6) is -0.758. The number of hydrogen-bond donors (Lipinski definition) is 2. The average molecular weight is 494 g/mol. The molecule has 9 heteroatoms. The summed E-state index contributed by atoms with van der Waals surface area (Å²) in [6.07, 6.45) is 4.46. The van der Waals surface area contributed by atoms with E-state index in [1.807, 2.05) is 17.5 Å². The number of benzene rings is 1. The predicted molar refractivity (Wildman–Crippen MR) is 129 cm³/mol. The summed E-state index contributed by atoms with van der Waals surface area (Å²) in [7, 11) is 0. The topological polar surface area (TPSA) is 86.3 Å². The number of hydrogen-bond acceptors (Lipinski definition) is 4. The molecule has 2 atom stereocenters. The minimum absolute atomic E-state index is 0.00625. The second-order valence-corrected chi connectivity index (χ2v) is 9.25. The molecule has 0 aliphatic rings. The van der Waals surface area contributed by atoms with Gasteiger partial charge in [0, 0.05) is 17.8 Å². The minimum atomic E-state index is -1.06. The van der Waals surface area contributed by atoms with Crippen molar-refractivity contribution in [1.82, 2.24) is 9.97 Å². The van der Waals surface area contributed by atoms with E-state index in [4.69, 9.17) is 23.2 Å². The van der Waals surface area contributed by atoms with E-state index in [1.54, 1.807) is 24.4 Å². The van der Waals surface area contributed by atoms with Crippen LogP contribution in [0.1, 0.15) is 56.1 Å². The Bertz CT molecular complexity index is 1070. The second kappa shape index (κ2) is 11.0. The van der Waals surface area contributed by atoms with Gasteiger partial charge < -0.3 is 10.1 Å². The zero-order valence-electron chi connectivity index (χ0n) is 17.8. The maximum atomic E-state index is 13.1. The number of carbonyl (C=O) groups is 2. The van der Waals surface area contributed by atoms with E-state index in [0.717, 1.165) is 24.8 Å². The number of anilines is 1. The highest BCUT2D eigenvalue weighted by Gasteiger charge is 2.29. The van der Waals surface area contributed by atoms with Crippen LogP contribution in [0.4, 0.5) is 5.00 Å². The molecule has 2 N–H and O–H groups in total. The number of thiophene rings is 1. The molecule has 3 aromatic rings. The zero-order valence-corrected chi connectivity index (χ0v) is 20.2. The number of imidazole rings is 1. The Balaban J connectivity index is 1.86. The number of carboxylic acid groups (broad SMARTS) is 1. The fraction of sp³-hybridized carbons (Fsp3) is 0.348. The fourth-order valence-electron chi connectivity index (χ4n) is 3.58. The van der Waals surface area contributed by atoms with E-state index >= 15 is 0 Å². The highest BCUT2D eigenvalue weighted by atomic mass is 35.5. The molecule has 1 aromatic carbocycles. The number of nitrogens with one attached hydrogen (secondary N) is 1. The second-order valence-electron chi connectivity index (χ2n) is 7.54. The number of carboxylic acids is 1. The molecule has 2 aromatic heterocycles. The van der Waals surface area contributed by atoms with Gasteiger partial charge in [0.05, 0.1) is 21.5 Å². The summed E-state index contributed by atoms with van der Waals surface area (Å²) in [5.41, 5.74) is 1.50. The Labute approximate surface area is 201 Å². The molecule has 32 heavy (non-hydrogen) atoms. The molecular weight excluding hydrogens is 469 g/mol. The number of unbranched alkanes of at least 4 members (excludes halogenated alkanes) is 1. The fourth-order valence-corrected chi connectivity index (χ4v) is 4.84. The molecule has 0 bridgehead atoms. The smallest absolute Gasteiger partial charge is 0.326 e. The van der Waals surface area contributed by atoms with E-state index in [-0.39, 0.29) is 18.2 Å². The van der Waals surface area contributed by atoms with Crippen LogP contribution in [-0.2, 0) is 16.0 Å². The quantitative estimate of drug-likeness (QED) is 0.354. The van der Waals surface area contributed by atoms with Gasteiger partial charge in [-0.3, -0.25) is 9.69 Å². The Kier molecular flexibility index (Phi) is 8.34. The van der Waals surface area contributed by atoms with E-state index in [2.05, 4.69) is 16.9 Å². The monoisotopic (exact) mass is 493 g/mol. The highest BCUT2D eigenvalue weighted by molar-refractivity contribution is 7.14. The first-order valence-corrected chi connectivity index (χ1v) is 12.0. The number of carbonyl (C=O) groups excluding carboxylic acids is 1. The summed E-state index contributed by atoms with van der Waals surface area (Å²) in [6, 6.07) is 8.10. The van der Waals surface area contributed by atoms with Crippen molar-refractivity contribution in [3.63, 3.8) is 0 Å². The minimum Gasteiger partial charge on any atom is -0.480 e. The van der Waals surface area contributed by atoms with Gasteiger partial charge in [0.1, 0.15) is 11.9 Å². The van der Waals surface area contributed by atoms with Gasteiger partial charge in [0.25, 0.3) is 0 Å². The van der Waals surface area contributed by atoms with E-state index in [1.165, 1.54) is 23.2 Å². The average Bonchev–Trinajstić information content (AvgIpc) is 3.44. The van der Waals surface area contributed by atoms with Gasteiger partial charge in [-0.2, -0.15) is 0 Å². The number of halogens is 2. The zero-order chi connectivity index (χ0) is 23.3. The molecule has 2 heterocycles. The van der Waals surface area contributed by atoms with Crippen LogP contribution in [0.2, 0.25) is 10.0 Å². The maximum Gasteiger partial charge on any atom is 0.326 e. The molecule has 6 nitrogen and oxygen atoms in total. The summed E-state index contributed by atoms with van der Waals surface area (Å²) in [6.45, 7) is 3.62. The van der Waals surface area contributed by atoms with Crippen molar-refractivity contribution >= 4 is 51.4 Å². The third-order valence-electron chi connectivity index (χ3n) is 5.28. The summed E-state index contributed by atoms with van der Waals surface area (Å²) in [5, 5.41) is 12.9. The number of nitrogens with zero attached hydrogens (tertiary/aromatic N) is 2. The largest absolute Gasteiger partial charge is 0.480 e. The van der Waals surface area contributed by atoms with Gasteiger partial charge in [-0.05, 0) is 42.5 Å². The molecule has 1 unspecified atom stereocenters. The van der Waals surface area contributed by atoms with Crippen LogP contribution in [-0.4, -0.2) is 33.0 Å². The molecule has 0 radical (unpaired) electrons. The van der Waals surface area contributed by atoms with Crippen LogP contribution in [0.25, 0.3) is 0 Å². The third kappa shape index (κ3) is 5.52. The molecule has 1 amide bonds. The van der Waals surface area contributed by atoms with Crippen LogP contribution in [0.15, 0.2) is 41.9 Å². The van der Waals surface area contributed by atoms with Crippen LogP contribution in [0.3, 0.4) is 0 Å². The van der Waals surface area contributed by atoms with Gasteiger partial charge in [-0.25, -0.2) is 9.78 Å². The highest BCUT2D eigenvalue weighted by Crippen LogP contribution is 2.36. The lowest BCUT2D eigenvalue weighted by Crippen LogP contribution is -2.43. The van der Waals surface area contributed by atoms with E-state index < -0.39 is 12.0 Å². The van der Waals surface area contributed by atoms with Crippen LogP contribution >= 0.6 is 34.5 Å². The predicted octanol–water partition coefficient (Wildman–Crippen LogP) is 6.15. The Hall–Kier alpha value is -2.35. The van der Waals surface area contributed by atoms with E-state index in [9.17, 15) is 14.7 Å². The summed E-state index contributed by atoms with van der Waals surface area (Å²) in [4.78, 5) is 33.7.